The van der Waals surface area contributed by atoms with Crippen molar-refractivity contribution < 1.29 is 28.9 Å². The monoisotopic (exact) mass is 342 g/mol. The molecule has 0 aliphatic rings. The summed E-state index contributed by atoms with van der Waals surface area (Å²) in [5.41, 5.74) is 1.24. The quantitative estimate of drug-likeness (QED) is 0.375. The third-order valence-corrected chi connectivity index (χ3v) is 3.38. The van der Waals surface area contributed by atoms with Gasteiger partial charge >= 0.3 is 11.9 Å². The number of carboxylic acids is 1. The minimum absolute atomic E-state index is 0.0987. The summed E-state index contributed by atoms with van der Waals surface area (Å²) in [5, 5.41) is 9.52. The fourth-order valence-electron chi connectivity index (χ4n) is 2.25. The highest BCUT2D eigenvalue weighted by atomic mass is 16.5. The molecule has 2 aromatic rings. The van der Waals surface area contributed by atoms with E-state index in [2.05, 4.69) is 0 Å². The SMILES string of the molecule is COc1ccc(/C=C(\C(=O)O)c2ccc(OC(C)=O)cc2)cc1OC. The number of ether oxygens (including phenoxy) is 3. The number of esters is 1. The first-order valence-electron chi connectivity index (χ1n) is 7.40. The van der Waals surface area contributed by atoms with Crippen molar-refractivity contribution in [3.05, 3.63) is 53.6 Å². The van der Waals surface area contributed by atoms with E-state index in [1.165, 1.54) is 27.2 Å². The van der Waals surface area contributed by atoms with Gasteiger partial charge in [-0.05, 0) is 41.5 Å². The van der Waals surface area contributed by atoms with E-state index in [-0.39, 0.29) is 5.57 Å². The van der Waals surface area contributed by atoms with Crippen molar-refractivity contribution in [1.82, 2.24) is 0 Å². The third kappa shape index (κ3) is 4.60. The van der Waals surface area contributed by atoms with E-state index in [4.69, 9.17) is 14.2 Å². The van der Waals surface area contributed by atoms with Gasteiger partial charge in [0.05, 0.1) is 19.8 Å². The number of rotatable bonds is 6. The van der Waals surface area contributed by atoms with E-state index in [1.807, 2.05) is 0 Å². The van der Waals surface area contributed by atoms with E-state index < -0.39 is 11.9 Å². The van der Waals surface area contributed by atoms with Gasteiger partial charge in [0, 0.05) is 6.92 Å². The van der Waals surface area contributed by atoms with E-state index in [0.29, 0.717) is 28.4 Å². The molecule has 0 radical (unpaired) electrons. The normalized spacial score (nSPS) is 10.9. The first-order chi connectivity index (χ1) is 11.9. The summed E-state index contributed by atoms with van der Waals surface area (Å²) in [6.45, 7) is 1.30. The maximum atomic E-state index is 11.6. The van der Waals surface area contributed by atoms with Gasteiger partial charge in [-0.15, -0.1) is 0 Å². The lowest BCUT2D eigenvalue weighted by atomic mass is 10.0. The molecule has 0 saturated carbocycles. The minimum Gasteiger partial charge on any atom is -0.493 e. The topological polar surface area (TPSA) is 82.1 Å². The Morgan fingerprint density at radius 1 is 0.960 bits per heavy atom. The molecule has 0 amide bonds. The van der Waals surface area contributed by atoms with Gasteiger partial charge in [-0.2, -0.15) is 0 Å². The molecule has 130 valence electrons. The van der Waals surface area contributed by atoms with Crippen molar-refractivity contribution >= 4 is 23.6 Å². The number of carboxylic acid groups (broad SMARTS) is 1. The summed E-state index contributed by atoms with van der Waals surface area (Å²) in [4.78, 5) is 22.6. The summed E-state index contributed by atoms with van der Waals surface area (Å²) in [7, 11) is 3.04. The van der Waals surface area contributed by atoms with Crippen molar-refractivity contribution in [2.45, 2.75) is 6.92 Å². The highest BCUT2D eigenvalue weighted by Gasteiger charge is 2.12. The van der Waals surface area contributed by atoms with Crippen LogP contribution in [-0.4, -0.2) is 31.3 Å². The molecule has 2 rings (SSSR count). The summed E-state index contributed by atoms with van der Waals surface area (Å²) in [6, 6.07) is 11.4. The van der Waals surface area contributed by atoms with Gasteiger partial charge in [0.1, 0.15) is 5.75 Å². The largest absolute Gasteiger partial charge is 0.493 e. The lowest BCUT2D eigenvalue weighted by Gasteiger charge is -2.09. The molecule has 0 bridgehead atoms. The molecular weight excluding hydrogens is 324 g/mol. The predicted molar refractivity (Wildman–Crippen MR) is 92.8 cm³/mol. The van der Waals surface area contributed by atoms with E-state index in [1.54, 1.807) is 42.5 Å². The molecule has 0 spiro atoms. The Kier molecular flexibility index (Phi) is 5.79. The molecule has 0 aliphatic heterocycles. The van der Waals surface area contributed by atoms with Crippen LogP contribution >= 0.6 is 0 Å². The third-order valence-electron chi connectivity index (χ3n) is 3.38. The van der Waals surface area contributed by atoms with Crippen LogP contribution in [0.4, 0.5) is 0 Å². The molecule has 0 fully saturated rings. The molecule has 1 N–H and O–H groups in total. The fraction of sp³-hybridized carbons (Fsp3) is 0.158. The highest BCUT2D eigenvalue weighted by Crippen LogP contribution is 2.29. The average molecular weight is 342 g/mol. The minimum atomic E-state index is -1.07. The maximum absolute atomic E-state index is 11.6. The van der Waals surface area contributed by atoms with Crippen LogP contribution in [0.15, 0.2) is 42.5 Å². The second kappa shape index (κ2) is 8.01. The van der Waals surface area contributed by atoms with Crippen LogP contribution < -0.4 is 14.2 Å². The van der Waals surface area contributed by atoms with Gasteiger partial charge in [0.15, 0.2) is 11.5 Å². The smallest absolute Gasteiger partial charge is 0.336 e. The number of aliphatic carboxylic acids is 1. The van der Waals surface area contributed by atoms with Crippen LogP contribution in [-0.2, 0) is 9.59 Å². The summed E-state index contributed by atoms with van der Waals surface area (Å²) >= 11 is 0. The second-order valence-electron chi connectivity index (χ2n) is 5.10. The van der Waals surface area contributed by atoms with Gasteiger partial charge < -0.3 is 19.3 Å². The molecule has 6 nitrogen and oxygen atoms in total. The Hall–Kier alpha value is -3.28. The van der Waals surface area contributed by atoms with E-state index in [0.717, 1.165) is 0 Å². The summed E-state index contributed by atoms with van der Waals surface area (Å²) in [6.07, 6.45) is 1.53. The van der Waals surface area contributed by atoms with Gasteiger partial charge in [0.25, 0.3) is 0 Å². The van der Waals surface area contributed by atoms with E-state index in [9.17, 15) is 14.7 Å². The molecule has 0 unspecified atom stereocenters. The number of carbonyl (C=O) groups is 2. The Balaban J connectivity index is 2.39. The first kappa shape index (κ1) is 18.1. The molecule has 0 aliphatic carbocycles. The van der Waals surface area contributed by atoms with Crippen LogP contribution in [0.25, 0.3) is 11.6 Å². The Morgan fingerprint density at radius 2 is 1.60 bits per heavy atom. The fourth-order valence-corrected chi connectivity index (χ4v) is 2.25. The lowest BCUT2D eigenvalue weighted by molar-refractivity contribution is -0.132. The highest BCUT2D eigenvalue weighted by molar-refractivity contribution is 6.20. The van der Waals surface area contributed by atoms with Gasteiger partial charge in [0.2, 0.25) is 0 Å². The van der Waals surface area contributed by atoms with Crippen LogP contribution in [0.3, 0.4) is 0 Å². The number of hydrogen-bond acceptors (Lipinski definition) is 5. The van der Waals surface area contributed by atoms with Crippen molar-refractivity contribution in [2.75, 3.05) is 14.2 Å². The molecular formula is C19H18O6. The molecule has 2 aromatic carbocycles. The Labute approximate surface area is 145 Å². The number of methoxy groups -OCH3 is 2. The second-order valence-corrected chi connectivity index (χ2v) is 5.10. The number of benzene rings is 2. The van der Waals surface area contributed by atoms with Gasteiger partial charge in [-0.3, -0.25) is 4.79 Å². The zero-order valence-corrected chi connectivity index (χ0v) is 14.1. The van der Waals surface area contributed by atoms with Crippen LogP contribution in [0.1, 0.15) is 18.1 Å². The Morgan fingerprint density at radius 3 is 2.12 bits per heavy atom. The summed E-state index contributed by atoms with van der Waals surface area (Å²) in [5.74, 6) is -0.0948. The zero-order valence-electron chi connectivity index (χ0n) is 14.1. The number of hydrogen-bond donors (Lipinski definition) is 1. The molecule has 6 heteroatoms. The lowest BCUT2D eigenvalue weighted by Crippen LogP contribution is -2.02. The maximum Gasteiger partial charge on any atom is 0.336 e. The molecule has 0 aromatic heterocycles. The first-order valence-corrected chi connectivity index (χ1v) is 7.40. The van der Waals surface area contributed by atoms with Gasteiger partial charge in [-0.25, -0.2) is 4.79 Å². The average Bonchev–Trinajstić information content (AvgIpc) is 2.59. The van der Waals surface area contributed by atoms with Crippen LogP contribution in [0.2, 0.25) is 0 Å². The number of carbonyl (C=O) groups excluding carboxylic acids is 1. The van der Waals surface area contributed by atoms with Crippen molar-refractivity contribution in [2.24, 2.45) is 0 Å². The van der Waals surface area contributed by atoms with Crippen LogP contribution in [0, 0.1) is 0 Å². The van der Waals surface area contributed by atoms with Crippen LogP contribution in [0.5, 0.6) is 17.2 Å². The summed E-state index contributed by atoms with van der Waals surface area (Å²) < 4.78 is 15.3. The van der Waals surface area contributed by atoms with Gasteiger partial charge in [-0.1, -0.05) is 18.2 Å². The standard InChI is InChI=1S/C19H18O6/c1-12(20)25-15-7-5-14(6-8-15)16(19(21)22)10-13-4-9-17(23-2)18(11-13)24-3/h4-11H,1-3H3,(H,21,22)/b16-10-. The molecule has 0 atom stereocenters. The zero-order chi connectivity index (χ0) is 18.4. The van der Waals surface area contributed by atoms with Crippen molar-refractivity contribution in [3.63, 3.8) is 0 Å². The Bertz CT molecular complexity index is 805. The van der Waals surface area contributed by atoms with Crippen molar-refractivity contribution in [1.29, 1.82) is 0 Å². The predicted octanol–water partition coefficient (Wildman–Crippen LogP) is 3.25. The van der Waals surface area contributed by atoms with Crippen molar-refractivity contribution in [3.8, 4) is 17.2 Å². The van der Waals surface area contributed by atoms with E-state index >= 15 is 0 Å². The molecule has 0 saturated heterocycles. The molecule has 25 heavy (non-hydrogen) atoms. The molecule has 0 heterocycles.